The van der Waals surface area contributed by atoms with E-state index in [1.54, 1.807) is 14.0 Å². The van der Waals surface area contributed by atoms with Gasteiger partial charge in [0.15, 0.2) is 0 Å². The third-order valence-corrected chi connectivity index (χ3v) is 3.16. The summed E-state index contributed by atoms with van der Waals surface area (Å²) in [7, 11) is 1.60. The van der Waals surface area contributed by atoms with Crippen LogP contribution in [0.4, 0.5) is 11.5 Å². The topological polar surface area (TPSA) is 102 Å². The Balaban J connectivity index is 2.23. The van der Waals surface area contributed by atoms with Crippen molar-refractivity contribution in [2.45, 2.75) is 20.0 Å². The minimum atomic E-state index is -0.505. The van der Waals surface area contributed by atoms with E-state index >= 15 is 0 Å². The van der Waals surface area contributed by atoms with E-state index in [-0.39, 0.29) is 18.1 Å². The Morgan fingerprint density at radius 1 is 1.29 bits per heavy atom. The van der Waals surface area contributed by atoms with Crippen molar-refractivity contribution in [3.8, 4) is 5.75 Å². The molecule has 7 nitrogen and oxygen atoms in total. The van der Waals surface area contributed by atoms with Crippen LogP contribution in [0.3, 0.4) is 0 Å². The molecular formula is C14H18N4O3. The molecule has 0 unspecified atom stereocenters. The van der Waals surface area contributed by atoms with E-state index in [0.717, 1.165) is 15.9 Å². The number of rotatable bonds is 5. The number of hydrogen-bond donors (Lipinski definition) is 3. The van der Waals surface area contributed by atoms with Gasteiger partial charge in [0.1, 0.15) is 17.3 Å². The number of anilines is 2. The largest absolute Gasteiger partial charge is 0.497 e. The number of aromatic amines is 1. The average Bonchev–Trinajstić information content (AvgIpc) is 2.47. The number of nitrogens with two attached hydrogens (primary N) is 1. The standard InChI is InChI=1S/C14H18N4O3/c1-3-18-13(19)11(12(15)17-14(18)20)16-8-9-4-6-10(21-2)7-5-9/h4-7,16H,3,8,15H2,1-2H3,(H,17,20). The number of methoxy groups -OCH3 is 1. The van der Waals surface area contributed by atoms with Crippen molar-refractivity contribution in [3.63, 3.8) is 0 Å². The fraction of sp³-hybridized carbons (Fsp3) is 0.286. The Kier molecular flexibility index (Phi) is 4.32. The predicted octanol–water partition coefficient (Wildman–Crippen LogP) is 0.759. The van der Waals surface area contributed by atoms with Crippen LogP contribution < -0.4 is 27.0 Å². The molecule has 2 aromatic rings. The van der Waals surface area contributed by atoms with Crippen LogP contribution in [-0.4, -0.2) is 16.7 Å². The molecule has 0 radical (unpaired) electrons. The van der Waals surface area contributed by atoms with Crippen LogP contribution in [0.25, 0.3) is 0 Å². The number of nitrogens with zero attached hydrogens (tertiary/aromatic N) is 1. The van der Waals surface area contributed by atoms with Gasteiger partial charge in [-0.15, -0.1) is 0 Å². The molecule has 0 aliphatic carbocycles. The smallest absolute Gasteiger partial charge is 0.330 e. The summed E-state index contributed by atoms with van der Waals surface area (Å²) < 4.78 is 6.17. The SMILES string of the molecule is CCn1c(=O)[nH]c(N)c(NCc2ccc(OC)cc2)c1=O. The van der Waals surface area contributed by atoms with Gasteiger partial charge < -0.3 is 15.8 Å². The van der Waals surface area contributed by atoms with Crippen LogP contribution in [0.15, 0.2) is 33.9 Å². The Labute approximate surface area is 121 Å². The monoisotopic (exact) mass is 290 g/mol. The van der Waals surface area contributed by atoms with E-state index in [0.29, 0.717) is 6.54 Å². The van der Waals surface area contributed by atoms with E-state index in [9.17, 15) is 9.59 Å². The first-order chi connectivity index (χ1) is 10.1. The first-order valence-electron chi connectivity index (χ1n) is 6.56. The molecule has 0 bridgehead atoms. The maximum absolute atomic E-state index is 12.1. The van der Waals surface area contributed by atoms with Crippen molar-refractivity contribution in [2.75, 3.05) is 18.2 Å². The van der Waals surface area contributed by atoms with E-state index in [4.69, 9.17) is 10.5 Å². The fourth-order valence-electron chi connectivity index (χ4n) is 1.98. The summed E-state index contributed by atoms with van der Waals surface area (Å²) >= 11 is 0. The maximum Gasteiger partial charge on any atom is 0.330 e. The van der Waals surface area contributed by atoms with Gasteiger partial charge in [-0.2, -0.15) is 0 Å². The van der Waals surface area contributed by atoms with E-state index < -0.39 is 11.2 Å². The third kappa shape index (κ3) is 3.07. The molecule has 7 heteroatoms. The molecule has 0 spiro atoms. The van der Waals surface area contributed by atoms with Gasteiger partial charge in [-0.25, -0.2) is 4.79 Å². The Morgan fingerprint density at radius 2 is 1.95 bits per heavy atom. The van der Waals surface area contributed by atoms with E-state index in [1.807, 2.05) is 24.3 Å². The molecule has 1 aromatic carbocycles. The lowest BCUT2D eigenvalue weighted by Gasteiger charge is -2.11. The molecule has 0 amide bonds. The minimum absolute atomic E-state index is 0.0446. The first kappa shape index (κ1) is 14.7. The van der Waals surface area contributed by atoms with Crippen molar-refractivity contribution in [1.29, 1.82) is 0 Å². The van der Waals surface area contributed by atoms with Gasteiger partial charge in [-0.05, 0) is 24.6 Å². The van der Waals surface area contributed by atoms with Crippen LogP contribution in [-0.2, 0) is 13.1 Å². The normalized spacial score (nSPS) is 10.4. The van der Waals surface area contributed by atoms with Crippen molar-refractivity contribution in [2.24, 2.45) is 0 Å². The van der Waals surface area contributed by atoms with Gasteiger partial charge in [0, 0.05) is 13.1 Å². The van der Waals surface area contributed by atoms with Gasteiger partial charge in [0.2, 0.25) is 0 Å². The summed E-state index contributed by atoms with van der Waals surface area (Å²) in [5.74, 6) is 0.804. The summed E-state index contributed by atoms with van der Waals surface area (Å²) in [5, 5.41) is 2.97. The molecule has 1 heterocycles. The third-order valence-electron chi connectivity index (χ3n) is 3.16. The molecule has 1 aromatic heterocycles. The highest BCUT2D eigenvalue weighted by molar-refractivity contribution is 5.59. The van der Waals surface area contributed by atoms with Crippen molar-refractivity contribution < 1.29 is 4.74 Å². The average molecular weight is 290 g/mol. The van der Waals surface area contributed by atoms with E-state index in [2.05, 4.69) is 10.3 Å². The van der Waals surface area contributed by atoms with Gasteiger partial charge in [0.05, 0.1) is 7.11 Å². The molecule has 0 aliphatic rings. The minimum Gasteiger partial charge on any atom is -0.497 e. The lowest BCUT2D eigenvalue weighted by molar-refractivity contribution is 0.414. The highest BCUT2D eigenvalue weighted by Crippen LogP contribution is 2.13. The first-order valence-corrected chi connectivity index (χ1v) is 6.56. The summed E-state index contributed by atoms with van der Waals surface area (Å²) in [6.45, 7) is 2.42. The molecule has 0 saturated heterocycles. The fourth-order valence-corrected chi connectivity index (χ4v) is 1.98. The lowest BCUT2D eigenvalue weighted by atomic mass is 10.2. The number of ether oxygens (including phenoxy) is 1. The molecular weight excluding hydrogens is 272 g/mol. The highest BCUT2D eigenvalue weighted by atomic mass is 16.5. The number of H-pyrrole nitrogens is 1. The second kappa shape index (κ2) is 6.17. The number of nitrogen functional groups attached to an aromatic ring is 1. The molecule has 0 fully saturated rings. The zero-order chi connectivity index (χ0) is 15.4. The Morgan fingerprint density at radius 3 is 2.52 bits per heavy atom. The Bertz CT molecular complexity index is 731. The molecule has 0 atom stereocenters. The summed E-state index contributed by atoms with van der Waals surface area (Å²) in [6.07, 6.45) is 0. The van der Waals surface area contributed by atoms with Gasteiger partial charge in [-0.1, -0.05) is 12.1 Å². The highest BCUT2D eigenvalue weighted by Gasteiger charge is 2.10. The molecule has 2 rings (SSSR count). The van der Waals surface area contributed by atoms with E-state index in [1.165, 1.54) is 0 Å². The van der Waals surface area contributed by atoms with Crippen LogP contribution in [0.5, 0.6) is 5.75 Å². The van der Waals surface area contributed by atoms with Crippen LogP contribution in [0.2, 0.25) is 0 Å². The quantitative estimate of drug-likeness (QED) is 0.754. The van der Waals surface area contributed by atoms with Gasteiger partial charge >= 0.3 is 5.69 Å². The molecule has 112 valence electrons. The summed E-state index contributed by atoms with van der Waals surface area (Å²) in [6, 6.07) is 7.42. The lowest BCUT2D eigenvalue weighted by Crippen LogP contribution is -2.36. The second-order valence-corrected chi connectivity index (χ2v) is 4.47. The van der Waals surface area contributed by atoms with Crippen molar-refractivity contribution in [1.82, 2.24) is 9.55 Å². The molecule has 21 heavy (non-hydrogen) atoms. The van der Waals surface area contributed by atoms with Crippen molar-refractivity contribution in [3.05, 3.63) is 50.7 Å². The zero-order valence-electron chi connectivity index (χ0n) is 12.0. The molecule has 4 N–H and O–H groups in total. The number of hydrogen-bond acceptors (Lipinski definition) is 5. The Hall–Kier alpha value is -2.70. The predicted molar refractivity (Wildman–Crippen MR) is 81.7 cm³/mol. The summed E-state index contributed by atoms with van der Waals surface area (Å²) in [5.41, 5.74) is 5.94. The van der Waals surface area contributed by atoms with Gasteiger partial charge in [-0.3, -0.25) is 14.3 Å². The van der Waals surface area contributed by atoms with Crippen molar-refractivity contribution >= 4 is 11.5 Å². The second-order valence-electron chi connectivity index (χ2n) is 4.47. The number of benzene rings is 1. The maximum atomic E-state index is 12.1. The van der Waals surface area contributed by atoms with Crippen LogP contribution in [0, 0.1) is 0 Å². The number of aromatic nitrogens is 2. The number of nitrogens with one attached hydrogen (secondary N) is 2. The zero-order valence-corrected chi connectivity index (χ0v) is 12.0. The van der Waals surface area contributed by atoms with Crippen LogP contribution in [0.1, 0.15) is 12.5 Å². The van der Waals surface area contributed by atoms with Crippen LogP contribution >= 0.6 is 0 Å². The summed E-state index contributed by atoms with van der Waals surface area (Å²) in [4.78, 5) is 26.2. The van der Waals surface area contributed by atoms with Gasteiger partial charge in [0.25, 0.3) is 5.56 Å². The molecule has 0 aliphatic heterocycles. The molecule has 0 saturated carbocycles.